The Bertz CT molecular complexity index is 1110. The van der Waals surface area contributed by atoms with Crippen molar-refractivity contribution in [3.05, 3.63) is 47.5 Å². The van der Waals surface area contributed by atoms with Crippen LogP contribution in [0.4, 0.5) is 18.9 Å². The Hall–Kier alpha value is -3.63. The molecule has 0 bridgehead atoms. The Morgan fingerprint density at radius 2 is 2.04 bits per heavy atom. The predicted octanol–water partition coefficient (Wildman–Crippen LogP) is 3.52. The molecule has 3 aromatic heterocycles. The molecule has 27 heavy (non-hydrogen) atoms. The minimum Gasteiger partial charge on any atom is -0.351 e. The smallest absolute Gasteiger partial charge is 0.351 e. The van der Waals surface area contributed by atoms with Crippen LogP contribution in [0.1, 0.15) is 21.8 Å². The van der Waals surface area contributed by atoms with Crippen molar-refractivity contribution in [2.75, 3.05) is 5.32 Å². The van der Waals surface area contributed by atoms with E-state index in [4.69, 9.17) is 0 Å². The van der Waals surface area contributed by atoms with Crippen LogP contribution in [0, 0.1) is 6.92 Å². The molecule has 1 amide bonds. The predicted molar refractivity (Wildman–Crippen MR) is 87.9 cm³/mol. The molecule has 11 heteroatoms. The number of carbonyl (C=O) groups excluding carboxylic acids is 1. The first-order chi connectivity index (χ1) is 12.8. The summed E-state index contributed by atoms with van der Waals surface area (Å²) in [7, 11) is 0. The van der Waals surface area contributed by atoms with Crippen LogP contribution < -0.4 is 5.32 Å². The molecule has 0 atom stereocenters. The normalized spacial score (nSPS) is 11.9. The fourth-order valence-corrected chi connectivity index (χ4v) is 2.65. The number of hydrogen-bond acceptors (Lipinski definition) is 5. The molecule has 1 aromatic carbocycles. The monoisotopic (exact) mass is 376 g/mol. The first kappa shape index (κ1) is 16.8. The maximum Gasteiger partial charge on any atom is 0.453 e. The summed E-state index contributed by atoms with van der Waals surface area (Å²) < 4.78 is 43.3. The number of H-pyrrole nitrogens is 2. The van der Waals surface area contributed by atoms with E-state index in [-0.39, 0.29) is 11.4 Å². The minimum atomic E-state index is -4.84. The van der Waals surface area contributed by atoms with E-state index in [0.29, 0.717) is 17.0 Å². The number of imidazole rings is 1. The van der Waals surface area contributed by atoms with E-state index < -0.39 is 23.4 Å². The van der Waals surface area contributed by atoms with Crippen molar-refractivity contribution in [2.45, 2.75) is 13.1 Å². The molecule has 0 saturated heterocycles. The number of para-hydroxylation sites is 2. The zero-order valence-corrected chi connectivity index (χ0v) is 13.7. The zero-order chi connectivity index (χ0) is 19.2. The van der Waals surface area contributed by atoms with Crippen molar-refractivity contribution in [3.63, 3.8) is 0 Å². The summed E-state index contributed by atoms with van der Waals surface area (Å²) in [5, 5.41) is 12.2. The van der Waals surface area contributed by atoms with Crippen LogP contribution >= 0.6 is 0 Å². The van der Waals surface area contributed by atoms with Crippen LogP contribution in [0.5, 0.6) is 0 Å². The van der Waals surface area contributed by atoms with Gasteiger partial charge in [-0.1, -0.05) is 17.3 Å². The van der Waals surface area contributed by atoms with Crippen molar-refractivity contribution in [2.24, 2.45) is 0 Å². The molecular formula is C16H11F3N6O2. The summed E-state index contributed by atoms with van der Waals surface area (Å²) >= 11 is 0. The number of rotatable bonds is 3. The SMILES string of the molecule is Cc1noc(C(F)(F)F)c1C(=O)Nc1cn[nH]c1-c1nc2ccccc2[nH]1. The number of nitrogens with one attached hydrogen (secondary N) is 3. The molecule has 3 heterocycles. The van der Waals surface area contributed by atoms with Gasteiger partial charge in [0, 0.05) is 0 Å². The van der Waals surface area contributed by atoms with Crippen LogP contribution in [0.15, 0.2) is 35.0 Å². The molecule has 0 unspecified atom stereocenters. The number of alkyl halides is 3. The largest absolute Gasteiger partial charge is 0.453 e. The van der Waals surface area contributed by atoms with Crippen LogP contribution in [-0.4, -0.2) is 31.2 Å². The third kappa shape index (κ3) is 2.92. The Kier molecular flexibility index (Phi) is 3.72. The topological polar surface area (TPSA) is 112 Å². The first-order valence-electron chi connectivity index (χ1n) is 7.68. The lowest BCUT2D eigenvalue weighted by molar-refractivity contribution is -0.155. The lowest BCUT2D eigenvalue weighted by Crippen LogP contribution is -2.18. The molecule has 0 aliphatic heterocycles. The fraction of sp³-hybridized carbons (Fsp3) is 0.125. The number of aromatic amines is 2. The molecule has 138 valence electrons. The maximum absolute atomic E-state index is 13.0. The zero-order valence-electron chi connectivity index (χ0n) is 13.7. The van der Waals surface area contributed by atoms with Gasteiger partial charge in [-0.05, 0) is 19.1 Å². The third-order valence-electron chi connectivity index (χ3n) is 3.86. The fourth-order valence-electron chi connectivity index (χ4n) is 2.65. The van der Waals surface area contributed by atoms with Gasteiger partial charge in [0.15, 0.2) is 5.82 Å². The Balaban J connectivity index is 1.68. The van der Waals surface area contributed by atoms with E-state index in [1.165, 1.54) is 13.1 Å². The van der Waals surface area contributed by atoms with E-state index >= 15 is 0 Å². The van der Waals surface area contributed by atoms with Gasteiger partial charge in [-0.3, -0.25) is 9.89 Å². The number of hydrogen-bond donors (Lipinski definition) is 3. The van der Waals surface area contributed by atoms with Crippen molar-refractivity contribution >= 4 is 22.6 Å². The highest BCUT2D eigenvalue weighted by atomic mass is 19.4. The van der Waals surface area contributed by atoms with Crippen LogP contribution in [-0.2, 0) is 6.18 Å². The molecular weight excluding hydrogens is 365 g/mol. The van der Waals surface area contributed by atoms with E-state index in [1.807, 2.05) is 18.2 Å². The lowest BCUT2D eigenvalue weighted by atomic mass is 10.1. The number of aromatic nitrogens is 5. The Labute approximate surface area is 148 Å². The number of anilines is 1. The average Bonchev–Trinajstić information content (AvgIpc) is 3.30. The van der Waals surface area contributed by atoms with Crippen LogP contribution in [0.25, 0.3) is 22.6 Å². The van der Waals surface area contributed by atoms with Gasteiger partial charge in [-0.15, -0.1) is 0 Å². The number of fused-ring (bicyclic) bond motifs is 1. The number of nitrogens with zero attached hydrogens (tertiary/aromatic N) is 3. The number of halogens is 3. The lowest BCUT2D eigenvalue weighted by Gasteiger charge is -2.07. The second-order valence-corrected chi connectivity index (χ2v) is 5.69. The first-order valence-corrected chi connectivity index (χ1v) is 7.68. The molecule has 4 aromatic rings. The molecule has 0 saturated carbocycles. The van der Waals surface area contributed by atoms with Crippen molar-refractivity contribution in [3.8, 4) is 11.5 Å². The number of carbonyl (C=O) groups is 1. The number of benzene rings is 1. The minimum absolute atomic E-state index is 0.160. The van der Waals surface area contributed by atoms with Crippen molar-refractivity contribution in [1.29, 1.82) is 0 Å². The summed E-state index contributed by atoms with van der Waals surface area (Å²) in [5.74, 6) is -2.09. The molecule has 0 spiro atoms. The van der Waals surface area contributed by atoms with E-state index in [9.17, 15) is 18.0 Å². The number of aryl methyl sites for hydroxylation is 1. The van der Waals surface area contributed by atoms with E-state index in [1.54, 1.807) is 6.07 Å². The van der Waals surface area contributed by atoms with Gasteiger partial charge in [0.25, 0.3) is 11.7 Å². The van der Waals surface area contributed by atoms with Gasteiger partial charge in [-0.2, -0.15) is 18.3 Å². The second kappa shape index (κ2) is 5.97. The molecule has 0 aliphatic rings. The van der Waals surface area contributed by atoms with Gasteiger partial charge in [0.05, 0.1) is 28.6 Å². The Morgan fingerprint density at radius 3 is 2.78 bits per heavy atom. The Morgan fingerprint density at radius 1 is 1.26 bits per heavy atom. The third-order valence-corrected chi connectivity index (χ3v) is 3.86. The number of amides is 1. The quantitative estimate of drug-likeness (QED) is 0.506. The van der Waals surface area contributed by atoms with E-state index in [0.717, 1.165) is 5.52 Å². The van der Waals surface area contributed by atoms with Gasteiger partial charge in [-0.25, -0.2) is 4.98 Å². The molecule has 0 aliphatic carbocycles. The van der Waals surface area contributed by atoms with Gasteiger partial charge in [0.1, 0.15) is 11.3 Å². The van der Waals surface area contributed by atoms with Crippen molar-refractivity contribution in [1.82, 2.24) is 25.3 Å². The summed E-state index contributed by atoms with van der Waals surface area (Å²) in [6, 6.07) is 7.25. The van der Waals surface area contributed by atoms with Gasteiger partial charge >= 0.3 is 6.18 Å². The van der Waals surface area contributed by atoms with Crippen molar-refractivity contribution < 1.29 is 22.5 Å². The summed E-state index contributed by atoms with van der Waals surface area (Å²) in [5.41, 5.74) is 1.07. The highest BCUT2D eigenvalue weighted by Gasteiger charge is 2.42. The second-order valence-electron chi connectivity index (χ2n) is 5.69. The molecule has 3 N–H and O–H groups in total. The summed E-state index contributed by atoms with van der Waals surface area (Å²) in [4.78, 5) is 19.9. The van der Waals surface area contributed by atoms with Gasteiger partial charge < -0.3 is 14.8 Å². The van der Waals surface area contributed by atoms with Gasteiger partial charge in [0.2, 0.25) is 0 Å². The average molecular weight is 376 g/mol. The summed E-state index contributed by atoms with van der Waals surface area (Å²) in [6.07, 6.45) is -3.57. The highest BCUT2D eigenvalue weighted by Crippen LogP contribution is 2.34. The van der Waals surface area contributed by atoms with Crippen LogP contribution in [0.2, 0.25) is 0 Å². The standard InChI is InChI=1S/C16H11F3N6O2/c1-7-11(13(27-25-7)16(17,18)19)15(26)23-10-6-20-24-12(10)14-21-8-4-2-3-5-9(8)22-14/h2-6H,1H3,(H,20,24)(H,21,22)(H,23,26). The maximum atomic E-state index is 13.0. The summed E-state index contributed by atoms with van der Waals surface area (Å²) in [6.45, 7) is 1.25. The molecule has 4 rings (SSSR count). The van der Waals surface area contributed by atoms with E-state index in [2.05, 4.69) is 35.2 Å². The molecule has 0 radical (unpaired) electrons. The highest BCUT2D eigenvalue weighted by molar-refractivity contribution is 6.07. The van der Waals surface area contributed by atoms with Crippen LogP contribution in [0.3, 0.4) is 0 Å². The molecule has 0 fully saturated rings. The molecule has 8 nitrogen and oxygen atoms in total.